The molecule has 0 amide bonds. The molecular formula is C10H16N2S. The van der Waals surface area contributed by atoms with Crippen molar-refractivity contribution in [3.05, 3.63) is 22.4 Å². The average molecular weight is 196 g/mol. The summed E-state index contributed by atoms with van der Waals surface area (Å²) >= 11 is 1.74. The lowest BCUT2D eigenvalue weighted by Gasteiger charge is -2.29. The van der Waals surface area contributed by atoms with E-state index < -0.39 is 0 Å². The number of hydrogen-bond acceptors (Lipinski definition) is 3. The number of thiophene rings is 1. The Hall–Kier alpha value is -0.380. The normalized spacial score (nSPS) is 19.8. The zero-order chi connectivity index (χ0) is 9.10. The van der Waals surface area contributed by atoms with Gasteiger partial charge >= 0.3 is 0 Å². The SMILES string of the molecule is NNC(CC1CCC1)c1ccsc1. The average Bonchev–Trinajstić information content (AvgIpc) is 2.55. The van der Waals surface area contributed by atoms with E-state index in [-0.39, 0.29) is 0 Å². The highest BCUT2D eigenvalue weighted by molar-refractivity contribution is 7.07. The number of hydrazine groups is 1. The van der Waals surface area contributed by atoms with Crippen LogP contribution in [0.2, 0.25) is 0 Å². The van der Waals surface area contributed by atoms with Gasteiger partial charge in [0.25, 0.3) is 0 Å². The first-order valence-electron chi connectivity index (χ1n) is 4.88. The summed E-state index contributed by atoms with van der Waals surface area (Å²) in [5.41, 5.74) is 4.26. The van der Waals surface area contributed by atoms with Crippen molar-refractivity contribution in [3.63, 3.8) is 0 Å². The van der Waals surface area contributed by atoms with Crippen LogP contribution in [0.1, 0.15) is 37.3 Å². The molecule has 1 aromatic heterocycles. The van der Waals surface area contributed by atoms with Gasteiger partial charge in [0, 0.05) is 6.04 Å². The molecule has 0 bridgehead atoms. The number of nitrogens with one attached hydrogen (secondary N) is 1. The van der Waals surface area contributed by atoms with E-state index in [1.165, 1.54) is 31.2 Å². The summed E-state index contributed by atoms with van der Waals surface area (Å²) in [4.78, 5) is 0. The Bertz CT molecular complexity index is 241. The standard InChI is InChI=1S/C10H16N2S/c11-12-10(6-8-2-1-3-8)9-4-5-13-7-9/h4-5,7-8,10,12H,1-3,6,11H2. The molecule has 1 saturated carbocycles. The van der Waals surface area contributed by atoms with Gasteiger partial charge in [0.15, 0.2) is 0 Å². The molecule has 0 aliphatic heterocycles. The Morgan fingerprint density at radius 3 is 2.92 bits per heavy atom. The lowest BCUT2D eigenvalue weighted by atomic mass is 9.80. The van der Waals surface area contributed by atoms with Gasteiger partial charge in [0.05, 0.1) is 0 Å². The second-order valence-corrected chi connectivity index (χ2v) is 4.59. The molecule has 1 fully saturated rings. The van der Waals surface area contributed by atoms with Crippen LogP contribution in [0.3, 0.4) is 0 Å². The first kappa shape index (κ1) is 9.19. The summed E-state index contributed by atoms with van der Waals surface area (Å²) in [5, 5.41) is 4.30. The summed E-state index contributed by atoms with van der Waals surface area (Å²) in [5.74, 6) is 6.45. The van der Waals surface area contributed by atoms with Crippen LogP contribution >= 0.6 is 11.3 Å². The molecule has 2 rings (SSSR count). The molecule has 3 heteroatoms. The fraction of sp³-hybridized carbons (Fsp3) is 0.600. The van der Waals surface area contributed by atoms with Gasteiger partial charge in [0.2, 0.25) is 0 Å². The van der Waals surface area contributed by atoms with Crippen molar-refractivity contribution < 1.29 is 0 Å². The van der Waals surface area contributed by atoms with Gasteiger partial charge in [-0.2, -0.15) is 11.3 Å². The molecule has 0 radical (unpaired) electrons. The van der Waals surface area contributed by atoms with E-state index in [2.05, 4.69) is 22.3 Å². The molecule has 0 saturated heterocycles. The first-order valence-corrected chi connectivity index (χ1v) is 5.82. The van der Waals surface area contributed by atoms with Crippen molar-refractivity contribution in [2.24, 2.45) is 11.8 Å². The Morgan fingerprint density at radius 2 is 2.46 bits per heavy atom. The Balaban J connectivity index is 1.92. The van der Waals surface area contributed by atoms with E-state index in [1.807, 2.05) is 0 Å². The molecule has 72 valence electrons. The molecule has 1 aromatic rings. The van der Waals surface area contributed by atoms with Crippen molar-refractivity contribution >= 4 is 11.3 Å². The zero-order valence-electron chi connectivity index (χ0n) is 7.70. The Morgan fingerprint density at radius 1 is 1.62 bits per heavy atom. The second-order valence-electron chi connectivity index (χ2n) is 3.81. The second kappa shape index (κ2) is 4.22. The minimum absolute atomic E-state index is 0.372. The van der Waals surface area contributed by atoms with Gasteiger partial charge in [0.1, 0.15) is 0 Å². The van der Waals surface area contributed by atoms with E-state index in [1.54, 1.807) is 11.3 Å². The zero-order valence-corrected chi connectivity index (χ0v) is 8.52. The van der Waals surface area contributed by atoms with E-state index in [4.69, 9.17) is 5.84 Å². The van der Waals surface area contributed by atoms with Crippen LogP contribution in [0.4, 0.5) is 0 Å². The number of rotatable bonds is 4. The van der Waals surface area contributed by atoms with Gasteiger partial charge in [-0.05, 0) is 34.7 Å². The first-order chi connectivity index (χ1) is 6.40. The molecule has 0 aromatic carbocycles. The molecule has 1 aliphatic rings. The van der Waals surface area contributed by atoms with Gasteiger partial charge in [-0.15, -0.1) is 0 Å². The minimum Gasteiger partial charge on any atom is -0.271 e. The lowest BCUT2D eigenvalue weighted by molar-refractivity contribution is 0.262. The van der Waals surface area contributed by atoms with Crippen LogP contribution in [0.15, 0.2) is 16.8 Å². The third kappa shape index (κ3) is 2.10. The topological polar surface area (TPSA) is 38.0 Å². The third-order valence-corrected chi connectivity index (χ3v) is 3.64. The Labute approximate surface area is 83.1 Å². The predicted molar refractivity (Wildman–Crippen MR) is 56.3 cm³/mol. The van der Waals surface area contributed by atoms with E-state index >= 15 is 0 Å². The third-order valence-electron chi connectivity index (χ3n) is 2.94. The van der Waals surface area contributed by atoms with Crippen LogP contribution in [0.25, 0.3) is 0 Å². The van der Waals surface area contributed by atoms with Crippen molar-refractivity contribution in [2.75, 3.05) is 0 Å². The van der Waals surface area contributed by atoms with E-state index in [9.17, 15) is 0 Å². The van der Waals surface area contributed by atoms with Gasteiger partial charge in [-0.1, -0.05) is 19.3 Å². The molecular weight excluding hydrogens is 180 g/mol. The van der Waals surface area contributed by atoms with Crippen molar-refractivity contribution in [1.29, 1.82) is 0 Å². The highest BCUT2D eigenvalue weighted by atomic mass is 32.1. The monoisotopic (exact) mass is 196 g/mol. The molecule has 1 aliphatic carbocycles. The summed E-state index contributed by atoms with van der Waals surface area (Å²) in [6, 6.07) is 2.53. The summed E-state index contributed by atoms with van der Waals surface area (Å²) in [6.07, 6.45) is 5.39. The van der Waals surface area contributed by atoms with Crippen LogP contribution in [-0.2, 0) is 0 Å². The summed E-state index contributed by atoms with van der Waals surface area (Å²) in [7, 11) is 0. The Kier molecular flexibility index (Phi) is 2.98. The highest BCUT2D eigenvalue weighted by Gasteiger charge is 2.22. The van der Waals surface area contributed by atoms with Crippen molar-refractivity contribution in [2.45, 2.75) is 31.7 Å². The molecule has 1 heterocycles. The fourth-order valence-corrected chi connectivity index (χ4v) is 2.55. The molecule has 1 unspecified atom stereocenters. The van der Waals surface area contributed by atoms with Crippen LogP contribution < -0.4 is 11.3 Å². The van der Waals surface area contributed by atoms with Gasteiger partial charge < -0.3 is 0 Å². The molecule has 1 atom stereocenters. The van der Waals surface area contributed by atoms with E-state index in [0.29, 0.717) is 6.04 Å². The maximum absolute atomic E-state index is 5.55. The summed E-state index contributed by atoms with van der Waals surface area (Å²) < 4.78 is 0. The highest BCUT2D eigenvalue weighted by Crippen LogP contribution is 2.34. The van der Waals surface area contributed by atoms with E-state index in [0.717, 1.165) is 5.92 Å². The smallest absolute Gasteiger partial charge is 0.0470 e. The molecule has 13 heavy (non-hydrogen) atoms. The molecule has 2 nitrogen and oxygen atoms in total. The van der Waals surface area contributed by atoms with Crippen molar-refractivity contribution in [1.82, 2.24) is 5.43 Å². The minimum atomic E-state index is 0.372. The molecule has 3 N–H and O–H groups in total. The largest absolute Gasteiger partial charge is 0.271 e. The maximum Gasteiger partial charge on any atom is 0.0470 e. The predicted octanol–water partition coefficient (Wildman–Crippen LogP) is 2.44. The molecule has 0 spiro atoms. The van der Waals surface area contributed by atoms with Crippen molar-refractivity contribution in [3.8, 4) is 0 Å². The van der Waals surface area contributed by atoms with Gasteiger partial charge in [-0.25, -0.2) is 0 Å². The fourth-order valence-electron chi connectivity index (χ4n) is 1.84. The quantitative estimate of drug-likeness (QED) is 0.573. The lowest BCUT2D eigenvalue weighted by Crippen LogP contribution is -2.30. The van der Waals surface area contributed by atoms with Crippen LogP contribution in [0, 0.1) is 5.92 Å². The van der Waals surface area contributed by atoms with Crippen LogP contribution in [-0.4, -0.2) is 0 Å². The summed E-state index contributed by atoms with van der Waals surface area (Å²) in [6.45, 7) is 0. The van der Waals surface area contributed by atoms with Gasteiger partial charge in [-0.3, -0.25) is 11.3 Å². The van der Waals surface area contributed by atoms with Crippen LogP contribution in [0.5, 0.6) is 0 Å². The maximum atomic E-state index is 5.55. The number of nitrogens with two attached hydrogens (primary N) is 1. The number of hydrogen-bond donors (Lipinski definition) is 2.